The van der Waals surface area contributed by atoms with Crippen LogP contribution in [0.4, 0.5) is 0 Å². The van der Waals surface area contributed by atoms with Crippen LogP contribution >= 0.6 is 0 Å². The van der Waals surface area contributed by atoms with Crippen LogP contribution in [0.2, 0.25) is 0 Å². The van der Waals surface area contributed by atoms with Gasteiger partial charge in [0.25, 0.3) is 0 Å². The smallest absolute Gasteiger partial charge is 0.165 e. The summed E-state index contributed by atoms with van der Waals surface area (Å²) in [6, 6.07) is 35.2. The summed E-state index contributed by atoms with van der Waals surface area (Å²) in [7, 11) is 0. The lowest BCUT2D eigenvalue weighted by Crippen LogP contribution is -2.01. The van der Waals surface area contributed by atoms with E-state index in [1.54, 1.807) is 6.07 Å². The summed E-state index contributed by atoms with van der Waals surface area (Å²) >= 11 is 0. The molecule has 0 amide bonds. The molecule has 4 heteroatoms. The van der Waals surface area contributed by atoms with E-state index in [0.29, 0.717) is 33.0 Å². The van der Waals surface area contributed by atoms with Crippen LogP contribution in [0.15, 0.2) is 180 Å². The number of hydrogen-bond donors (Lipinski definition) is 0. The van der Waals surface area contributed by atoms with Gasteiger partial charge in [-0.1, -0.05) is 139 Å². The molecule has 0 aliphatic carbocycles. The molecule has 0 saturated carbocycles. The van der Waals surface area contributed by atoms with Gasteiger partial charge in [-0.2, -0.15) is 0 Å². The predicted molar refractivity (Wildman–Crippen MR) is 209 cm³/mol. The average molecular weight is 661 g/mol. The van der Waals surface area contributed by atoms with Gasteiger partial charge >= 0.3 is 0 Å². The summed E-state index contributed by atoms with van der Waals surface area (Å²) in [5, 5.41) is 4.76. The van der Waals surface area contributed by atoms with E-state index in [2.05, 4.69) is 36.4 Å². The van der Waals surface area contributed by atoms with E-state index in [1.165, 1.54) is 6.07 Å². The number of fused-ring (bicyclic) bond motifs is 5. The molecule has 10 rings (SSSR count). The SMILES string of the molecule is [2H]c1cc2c(oc3c([2H])cc(-c4ccccc4)c(-c4nc(-c5ccc6cc(-c7ccc8ccccc8c7)ccc6c5)nc(-c5c([2H])c([2H])c([2H])c([2H])c5[2H])n4)c32)c([2H])c1[2H]. The van der Waals surface area contributed by atoms with Crippen molar-refractivity contribution in [2.75, 3.05) is 0 Å². The normalized spacial score (nSPS) is 14.0. The van der Waals surface area contributed by atoms with Gasteiger partial charge in [0.05, 0.1) is 12.3 Å². The standard InChI is InChI=1S/C47H29N3O/c1-3-12-31(13-4-1)39-25-26-42-43(40-17-9-10-18-41(40)51-42)44(39)47-49-45(32-14-5-2-6-15-32)48-46(50-47)38-24-23-36-28-35(21-22-37(36)29-38)34-20-19-30-11-7-8-16-33(30)27-34/h1-29H/i2D,5D,6D,9D,10D,14D,15D,18D,26D. The first-order chi connectivity index (χ1) is 29.0. The van der Waals surface area contributed by atoms with Gasteiger partial charge in [0.2, 0.25) is 0 Å². The van der Waals surface area contributed by atoms with Crippen molar-refractivity contribution in [1.82, 2.24) is 15.0 Å². The number of para-hydroxylation sites is 1. The number of furan rings is 1. The minimum Gasteiger partial charge on any atom is -0.456 e. The third-order valence-electron chi connectivity index (χ3n) is 9.13. The minimum atomic E-state index is -0.559. The van der Waals surface area contributed by atoms with Crippen LogP contribution in [-0.4, -0.2) is 15.0 Å². The van der Waals surface area contributed by atoms with Crippen LogP contribution in [0.5, 0.6) is 0 Å². The first kappa shape index (κ1) is 21.2. The van der Waals surface area contributed by atoms with Gasteiger partial charge in [-0.25, -0.2) is 15.0 Å². The molecule has 0 radical (unpaired) electrons. The molecule has 2 heterocycles. The van der Waals surface area contributed by atoms with Gasteiger partial charge in [-0.05, 0) is 80.1 Å². The molecule has 0 unspecified atom stereocenters. The molecule has 0 N–H and O–H groups in total. The molecule has 2 aromatic heterocycles. The van der Waals surface area contributed by atoms with Gasteiger partial charge in [0, 0.05) is 27.5 Å². The van der Waals surface area contributed by atoms with Crippen molar-refractivity contribution in [2.45, 2.75) is 0 Å². The molecule has 238 valence electrons. The molecule has 0 saturated heterocycles. The molecule has 0 aliphatic rings. The summed E-state index contributed by atoms with van der Waals surface area (Å²) in [6.45, 7) is 0. The van der Waals surface area contributed by atoms with E-state index in [9.17, 15) is 0 Å². The number of hydrogen-bond acceptors (Lipinski definition) is 4. The Hall–Kier alpha value is -6.91. The first-order valence-electron chi connectivity index (χ1n) is 20.9. The lowest BCUT2D eigenvalue weighted by atomic mass is 9.94. The van der Waals surface area contributed by atoms with Gasteiger partial charge in [0.1, 0.15) is 11.2 Å². The second-order valence-corrected chi connectivity index (χ2v) is 12.2. The fourth-order valence-corrected chi connectivity index (χ4v) is 6.67. The maximum Gasteiger partial charge on any atom is 0.165 e. The highest BCUT2D eigenvalue weighted by molar-refractivity contribution is 6.15. The number of benzene rings is 8. The predicted octanol–water partition coefficient (Wildman–Crippen LogP) is 12.4. The van der Waals surface area contributed by atoms with Crippen molar-refractivity contribution in [3.05, 3.63) is 176 Å². The zero-order valence-electron chi connectivity index (χ0n) is 35.8. The number of rotatable bonds is 5. The topological polar surface area (TPSA) is 51.8 Å². The van der Waals surface area contributed by atoms with E-state index in [0.717, 1.165) is 32.7 Å². The van der Waals surface area contributed by atoms with E-state index in [-0.39, 0.29) is 58.4 Å². The Morgan fingerprint density at radius 3 is 1.80 bits per heavy atom. The van der Waals surface area contributed by atoms with E-state index >= 15 is 0 Å². The molecule has 0 aliphatic heterocycles. The largest absolute Gasteiger partial charge is 0.456 e. The third-order valence-corrected chi connectivity index (χ3v) is 9.13. The molecule has 8 aromatic carbocycles. The quantitative estimate of drug-likeness (QED) is 0.184. The van der Waals surface area contributed by atoms with Crippen LogP contribution in [0, 0.1) is 0 Å². The molecule has 0 bridgehead atoms. The van der Waals surface area contributed by atoms with E-state index < -0.39 is 30.2 Å². The molecule has 10 aromatic rings. The summed E-state index contributed by atoms with van der Waals surface area (Å²) in [5.74, 6) is 0.00521. The van der Waals surface area contributed by atoms with E-state index in [1.807, 2.05) is 72.8 Å². The number of nitrogens with zero attached hydrogens (tertiary/aromatic N) is 3. The third kappa shape index (κ3) is 5.13. The van der Waals surface area contributed by atoms with Gasteiger partial charge < -0.3 is 4.42 Å². The molecule has 51 heavy (non-hydrogen) atoms. The molecule has 0 atom stereocenters. The van der Waals surface area contributed by atoms with Crippen LogP contribution < -0.4 is 0 Å². The van der Waals surface area contributed by atoms with Crippen LogP contribution in [0.3, 0.4) is 0 Å². The van der Waals surface area contributed by atoms with Crippen LogP contribution in [0.1, 0.15) is 12.3 Å². The van der Waals surface area contributed by atoms with Gasteiger partial charge in [-0.3, -0.25) is 0 Å². The van der Waals surface area contributed by atoms with Crippen LogP contribution in [-0.2, 0) is 0 Å². The van der Waals surface area contributed by atoms with Gasteiger partial charge in [0.15, 0.2) is 17.5 Å². The van der Waals surface area contributed by atoms with Gasteiger partial charge in [-0.15, -0.1) is 0 Å². The lowest BCUT2D eigenvalue weighted by molar-refractivity contribution is 0.669. The maximum atomic E-state index is 9.07. The monoisotopic (exact) mass is 660 g/mol. The highest BCUT2D eigenvalue weighted by Gasteiger charge is 2.22. The Morgan fingerprint density at radius 2 is 1.02 bits per heavy atom. The maximum absolute atomic E-state index is 9.07. The molecular formula is C47H29N3O. The lowest BCUT2D eigenvalue weighted by Gasteiger charge is -2.14. The zero-order valence-corrected chi connectivity index (χ0v) is 26.8. The Labute approximate surface area is 307 Å². The Balaban J connectivity index is 1.25. The average Bonchev–Trinajstić information content (AvgIpc) is 3.66. The summed E-state index contributed by atoms with van der Waals surface area (Å²) in [6.07, 6.45) is 0. The Morgan fingerprint density at radius 1 is 0.412 bits per heavy atom. The first-order valence-corrected chi connectivity index (χ1v) is 16.4. The van der Waals surface area contributed by atoms with Crippen molar-refractivity contribution in [2.24, 2.45) is 0 Å². The second kappa shape index (κ2) is 11.9. The molecule has 0 fully saturated rings. The van der Waals surface area contributed by atoms with Crippen molar-refractivity contribution in [1.29, 1.82) is 0 Å². The van der Waals surface area contributed by atoms with E-state index in [4.69, 9.17) is 31.7 Å². The number of aromatic nitrogens is 3. The van der Waals surface area contributed by atoms with Crippen molar-refractivity contribution < 1.29 is 16.8 Å². The summed E-state index contributed by atoms with van der Waals surface area (Å²) in [5.41, 5.74) is 4.09. The zero-order chi connectivity index (χ0) is 41.6. The van der Waals surface area contributed by atoms with Crippen molar-refractivity contribution in [3.8, 4) is 56.4 Å². The minimum absolute atomic E-state index is 0.0148. The summed E-state index contributed by atoms with van der Waals surface area (Å²) in [4.78, 5) is 14.7. The molecule has 0 spiro atoms. The fraction of sp³-hybridized carbons (Fsp3) is 0. The van der Waals surface area contributed by atoms with Crippen molar-refractivity contribution in [3.63, 3.8) is 0 Å². The second-order valence-electron chi connectivity index (χ2n) is 12.2. The highest BCUT2D eigenvalue weighted by atomic mass is 16.3. The Bertz CT molecular complexity index is 3410. The van der Waals surface area contributed by atoms with Crippen molar-refractivity contribution >= 4 is 43.5 Å². The fourth-order valence-electron chi connectivity index (χ4n) is 6.67. The molecular weight excluding hydrogens is 623 g/mol. The molecule has 4 nitrogen and oxygen atoms in total. The van der Waals surface area contributed by atoms with Crippen LogP contribution in [0.25, 0.3) is 99.9 Å². The Kier molecular flexibility index (Phi) is 4.96. The highest BCUT2D eigenvalue weighted by Crippen LogP contribution is 2.42. The summed E-state index contributed by atoms with van der Waals surface area (Å²) < 4.78 is 83.7.